The number of fused-ring (bicyclic) bond motifs is 1. The van der Waals surface area contributed by atoms with Crippen LogP contribution >= 0.6 is 0 Å². The highest BCUT2D eigenvalue weighted by atomic mass is 16.6. The molecule has 132 valence electrons. The lowest BCUT2D eigenvalue weighted by Gasteiger charge is -2.37. The van der Waals surface area contributed by atoms with Crippen LogP contribution in [-0.4, -0.2) is 32.3 Å². The van der Waals surface area contributed by atoms with Crippen molar-refractivity contribution in [3.63, 3.8) is 0 Å². The predicted octanol–water partition coefficient (Wildman–Crippen LogP) is 3.11. The Labute approximate surface area is 146 Å². The number of nitro groups is 1. The van der Waals surface area contributed by atoms with Crippen molar-refractivity contribution in [1.29, 1.82) is 0 Å². The number of hydrogen-bond donors (Lipinski definition) is 0. The van der Waals surface area contributed by atoms with E-state index in [1.807, 2.05) is 37.3 Å². The van der Waals surface area contributed by atoms with Gasteiger partial charge in [0.2, 0.25) is 6.54 Å². The molecule has 0 amide bonds. The molecular formula is C19H21NO5. The quantitative estimate of drug-likeness (QED) is 0.616. The van der Waals surface area contributed by atoms with Gasteiger partial charge in [-0.25, -0.2) is 0 Å². The molecular weight excluding hydrogens is 322 g/mol. The monoisotopic (exact) mass is 343 g/mol. The number of ether oxygens (including phenoxy) is 3. The molecule has 0 saturated heterocycles. The highest BCUT2D eigenvalue weighted by molar-refractivity contribution is 5.53. The molecule has 0 bridgehead atoms. The average Bonchev–Trinajstić information content (AvgIpc) is 2.60. The second-order valence-electron chi connectivity index (χ2n) is 6.15. The van der Waals surface area contributed by atoms with Gasteiger partial charge < -0.3 is 14.2 Å². The van der Waals surface area contributed by atoms with Gasteiger partial charge in [0, 0.05) is 10.5 Å². The SMILES string of the molecule is COc1cc2c(cc1OC)C(C[N+](=O)[O-])(c1ccc(C)cc1)OCC2. The first-order valence-electron chi connectivity index (χ1n) is 8.08. The minimum atomic E-state index is -1.13. The van der Waals surface area contributed by atoms with Crippen molar-refractivity contribution < 1.29 is 19.1 Å². The predicted molar refractivity (Wildman–Crippen MR) is 93.0 cm³/mol. The molecule has 2 aromatic carbocycles. The Morgan fingerprint density at radius 1 is 1.16 bits per heavy atom. The maximum Gasteiger partial charge on any atom is 0.240 e. The topological polar surface area (TPSA) is 70.8 Å². The van der Waals surface area contributed by atoms with Crippen LogP contribution in [0, 0.1) is 17.0 Å². The zero-order chi connectivity index (χ0) is 18.0. The van der Waals surface area contributed by atoms with Crippen molar-refractivity contribution in [2.75, 3.05) is 27.4 Å². The fraction of sp³-hybridized carbons (Fsp3) is 0.368. The summed E-state index contributed by atoms with van der Waals surface area (Å²) in [5.41, 5.74) is 2.46. The molecule has 25 heavy (non-hydrogen) atoms. The summed E-state index contributed by atoms with van der Waals surface area (Å²) in [7, 11) is 3.13. The van der Waals surface area contributed by atoms with E-state index < -0.39 is 5.60 Å². The van der Waals surface area contributed by atoms with E-state index in [4.69, 9.17) is 14.2 Å². The van der Waals surface area contributed by atoms with Crippen molar-refractivity contribution in [3.8, 4) is 11.5 Å². The lowest BCUT2D eigenvalue weighted by Crippen LogP contribution is -2.42. The average molecular weight is 343 g/mol. The molecule has 0 aliphatic carbocycles. The second kappa shape index (κ2) is 6.72. The Balaban J connectivity index is 2.24. The molecule has 0 aromatic heterocycles. The van der Waals surface area contributed by atoms with Gasteiger partial charge in [-0.15, -0.1) is 0 Å². The maximum atomic E-state index is 11.5. The van der Waals surface area contributed by atoms with E-state index in [1.54, 1.807) is 20.3 Å². The van der Waals surface area contributed by atoms with Gasteiger partial charge >= 0.3 is 0 Å². The smallest absolute Gasteiger partial charge is 0.240 e. The van der Waals surface area contributed by atoms with Crippen molar-refractivity contribution in [2.24, 2.45) is 0 Å². The molecule has 1 heterocycles. The summed E-state index contributed by atoms with van der Waals surface area (Å²) in [6, 6.07) is 11.4. The number of methoxy groups -OCH3 is 2. The minimum Gasteiger partial charge on any atom is -0.493 e. The lowest BCUT2D eigenvalue weighted by molar-refractivity contribution is -0.501. The Kier molecular flexibility index (Phi) is 4.63. The van der Waals surface area contributed by atoms with Gasteiger partial charge in [0.1, 0.15) is 0 Å². The Morgan fingerprint density at radius 2 is 1.80 bits per heavy atom. The minimum absolute atomic E-state index is 0.328. The summed E-state index contributed by atoms with van der Waals surface area (Å²) < 4.78 is 16.8. The third-order valence-corrected chi connectivity index (χ3v) is 4.63. The molecule has 1 unspecified atom stereocenters. The molecule has 0 saturated carbocycles. The number of aryl methyl sites for hydroxylation is 1. The van der Waals surface area contributed by atoms with Crippen LogP contribution in [0.2, 0.25) is 0 Å². The fourth-order valence-electron chi connectivity index (χ4n) is 3.38. The van der Waals surface area contributed by atoms with E-state index in [9.17, 15) is 10.1 Å². The normalized spacial score (nSPS) is 19.2. The van der Waals surface area contributed by atoms with Crippen LogP contribution in [0.1, 0.15) is 22.3 Å². The van der Waals surface area contributed by atoms with E-state index >= 15 is 0 Å². The summed E-state index contributed by atoms with van der Waals surface area (Å²) >= 11 is 0. The summed E-state index contributed by atoms with van der Waals surface area (Å²) in [6.07, 6.45) is 0.668. The van der Waals surface area contributed by atoms with Crippen molar-refractivity contribution in [1.82, 2.24) is 0 Å². The van der Waals surface area contributed by atoms with E-state index in [-0.39, 0.29) is 11.5 Å². The first-order valence-corrected chi connectivity index (χ1v) is 8.08. The number of benzene rings is 2. The third-order valence-electron chi connectivity index (χ3n) is 4.63. The van der Waals surface area contributed by atoms with Gasteiger partial charge in [0.05, 0.1) is 20.8 Å². The van der Waals surface area contributed by atoms with E-state index in [1.165, 1.54) is 0 Å². The summed E-state index contributed by atoms with van der Waals surface area (Å²) in [6.45, 7) is 2.04. The van der Waals surface area contributed by atoms with E-state index in [0.29, 0.717) is 24.5 Å². The first-order chi connectivity index (χ1) is 12.0. The molecule has 1 atom stereocenters. The Morgan fingerprint density at radius 3 is 2.40 bits per heavy atom. The first kappa shape index (κ1) is 17.2. The highest BCUT2D eigenvalue weighted by Gasteiger charge is 2.45. The molecule has 1 aliphatic rings. The van der Waals surface area contributed by atoms with Crippen LogP contribution in [-0.2, 0) is 16.8 Å². The zero-order valence-electron chi connectivity index (χ0n) is 14.6. The Hall–Kier alpha value is -2.60. The van der Waals surface area contributed by atoms with E-state index in [0.717, 1.165) is 22.3 Å². The third kappa shape index (κ3) is 3.05. The van der Waals surface area contributed by atoms with E-state index in [2.05, 4.69) is 0 Å². The highest BCUT2D eigenvalue weighted by Crippen LogP contribution is 2.43. The molecule has 6 heteroatoms. The standard InChI is InChI=1S/C19H21NO5/c1-13-4-6-15(7-5-13)19(12-20(21)22)16-11-18(24-3)17(23-2)10-14(16)8-9-25-19/h4-7,10-11H,8-9,12H2,1-3H3. The molecule has 1 aliphatic heterocycles. The van der Waals surface area contributed by atoms with Gasteiger partial charge in [-0.05, 0) is 36.6 Å². The molecule has 2 aromatic rings. The molecule has 0 radical (unpaired) electrons. The molecule has 0 spiro atoms. The van der Waals surface area contributed by atoms with Crippen molar-refractivity contribution >= 4 is 0 Å². The van der Waals surface area contributed by atoms with Crippen LogP contribution in [0.4, 0.5) is 0 Å². The number of rotatable bonds is 5. The van der Waals surface area contributed by atoms with Crippen molar-refractivity contribution in [2.45, 2.75) is 18.9 Å². The molecule has 3 rings (SSSR count). The van der Waals surface area contributed by atoms with Crippen LogP contribution in [0.3, 0.4) is 0 Å². The zero-order valence-corrected chi connectivity index (χ0v) is 14.6. The van der Waals surface area contributed by atoms with Gasteiger partial charge in [-0.2, -0.15) is 0 Å². The van der Waals surface area contributed by atoms with Gasteiger partial charge in [-0.3, -0.25) is 10.1 Å². The van der Waals surface area contributed by atoms with Gasteiger partial charge in [0.25, 0.3) is 0 Å². The van der Waals surface area contributed by atoms with Crippen molar-refractivity contribution in [3.05, 3.63) is 68.8 Å². The van der Waals surface area contributed by atoms with Crippen LogP contribution < -0.4 is 9.47 Å². The van der Waals surface area contributed by atoms with Crippen LogP contribution in [0.5, 0.6) is 11.5 Å². The second-order valence-corrected chi connectivity index (χ2v) is 6.15. The van der Waals surface area contributed by atoms with Crippen LogP contribution in [0.15, 0.2) is 36.4 Å². The Bertz CT molecular complexity index is 787. The summed E-state index contributed by atoms with van der Waals surface area (Å²) in [5.74, 6) is 1.15. The fourth-order valence-corrected chi connectivity index (χ4v) is 3.38. The van der Waals surface area contributed by atoms with Crippen LogP contribution in [0.25, 0.3) is 0 Å². The van der Waals surface area contributed by atoms with Gasteiger partial charge in [-0.1, -0.05) is 29.8 Å². The maximum absolute atomic E-state index is 11.5. The summed E-state index contributed by atoms with van der Waals surface area (Å²) in [4.78, 5) is 11.1. The molecule has 6 nitrogen and oxygen atoms in total. The summed E-state index contributed by atoms with van der Waals surface area (Å²) in [5, 5.41) is 11.5. The number of nitrogens with zero attached hydrogens (tertiary/aromatic N) is 1. The lowest BCUT2D eigenvalue weighted by atomic mass is 9.80. The van der Waals surface area contributed by atoms with Gasteiger partial charge in [0.15, 0.2) is 17.1 Å². The largest absolute Gasteiger partial charge is 0.493 e. The number of hydrogen-bond acceptors (Lipinski definition) is 5. The molecule has 0 fully saturated rings. The molecule has 0 N–H and O–H groups in total.